The Labute approximate surface area is 126 Å². The fraction of sp³-hybridized carbons (Fsp3) is 0.412. The minimum Gasteiger partial charge on any atom is -0.352 e. The third-order valence-corrected chi connectivity index (χ3v) is 3.01. The topological polar surface area (TPSA) is 49.4 Å². The number of likely N-dealkylation sites (N-methyl/N-ethyl adjacent to an activating group) is 1. The Kier molecular flexibility index (Phi) is 6.66. The molecule has 0 fully saturated rings. The molecular formula is C17H24N2O2. The average molecular weight is 288 g/mol. The predicted molar refractivity (Wildman–Crippen MR) is 85.8 cm³/mol. The van der Waals surface area contributed by atoms with Crippen molar-refractivity contribution < 1.29 is 9.59 Å². The molecule has 0 radical (unpaired) electrons. The molecule has 1 aromatic rings. The van der Waals surface area contributed by atoms with Crippen molar-refractivity contribution in [3.8, 4) is 0 Å². The van der Waals surface area contributed by atoms with Gasteiger partial charge in [-0.15, -0.1) is 0 Å². The molecule has 0 saturated carbocycles. The molecule has 21 heavy (non-hydrogen) atoms. The zero-order valence-corrected chi connectivity index (χ0v) is 13.2. The summed E-state index contributed by atoms with van der Waals surface area (Å²) in [6.07, 6.45) is 4.25. The molecule has 2 amide bonds. The Hall–Kier alpha value is -2.10. The summed E-state index contributed by atoms with van der Waals surface area (Å²) in [5.41, 5.74) is 2.24. The quantitative estimate of drug-likeness (QED) is 0.816. The smallest absolute Gasteiger partial charge is 0.246 e. The van der Waals surface area contributed by atoms with Crippen LogP contribution in [0, 0.1) is 0 Å². The molecule has 4 heteroatoms. The number of hydrogen-bond donors (Lipinski definition) is 1. The molecule has 0 atom stereocenters. The van der Waals surface area contributed by atoms with Gasteiger partial charge in [0.05, 0.1) is 6.54 Å². The largest absolute Gasteiger partial charge is 0.352 e. The van der Waals surface area contributed by atoms with Gasteiger partial charge in [0.1, 0.15) is 0 Å². The van der Waals surface area contributed by atoms with Gasteiger partial charge < -0.3 is 10.2 Å². The number of carbonyl (C=O) groups excluding carboxylic acids is 2. The highest BCUT2D eigenvalue weighted by Crippen LogP contribution is 2.07. The highest BCUT2D eigenvalue weighted by Gasteiger charge is 2.10. The van der Waals surface area contributed by atoms with Crippen LogP contribution in [0.5, 0.6) is 0 Å². The number of benzene rings is 1. The van der Waals surface area contributed by atoms with Crippen LogP contribution in [0.25, 0.3) is 6.08 Å². The zero-order chi connectivity index (χ0) is 15.8. The van der Waals surface area contributed by atoms with Crippen molar-refractivity contribution in [2.75, 3.05) is 13.6 Å². The van der Waals surface area contributed by atoms with Gasteiger partial charge in [-0.05, 0) is 37.5 Å². The van der Waals surface area contributed by atoms with E-state index in [-0.39, 0.29) is 24.4 Å². The van der Waals surface area contributed by atoms with E-state index < -0.39 is 0 Å². The first-order chi connectivity index (χ1) is 9.92. The zero-order valence-electron chi connectivity index (χ0n) is 13.2. The molecule has 0 aliphatic rings. The van der Waals surface area contributed by atoms with Gasteiger partial charge >= 0.3 is 0 Å². The summed E-state index contributed by atoms with van der Waals surface area (Å²) >= 11 is 0. The van der Waals surface area contributed by atoms with Crippen LogP contribution < -0.4 is 5.32 Å². The monoisotopic (exact) mass is 288 g/mol. The molecule has 4 nitrogen and oxygen atoms in total. The van der Waals surface area contributed by atoms with Crippen LogP contribution in [-0.2, 0) is 16.0 Å². The minimum absolute atomic E-state index is 0.0656. The standard InChI is InChI=1S/C17H24N2O2/c1-5-14-6-8-15(9-7-14)10-11-17(21)19(4)12-16(20)18-13(2)3/h6-11,13H,5,12H2,1-4H3,(H,18,20). The van der Waals surface area contributed by atoms with Gasteiger partial charge in [-0.25, -0.2) is 0 Å². The maximum absolute atomic E-state index is 11.9. The Morgan fingerprint density at radius 3 is 2.38 bits per heavy atom. The molecular weight excluding hydrogens is 264 g/mol. The van der Waals surface area contributed by atoms with Gasteiger partial charge in [-0.1, -0.05) is 31.2 Å². The van der Waals surface area contributed by atoms with Crippen molar-refractivity contribution in [1.82, 2.24) is 10.2 Å². The van der Waals surface area contributed by atoms with Gasteiger partial charge in [0.2, 0.25) is 11.8 Å². The number of aryl methyl sites for hydroxylation is 1. The lowest BCUT2D eigenvalue weighted by Crippen LogP contribution is -2.40. The Morgan fingerprint density at radius 1 is 1.24 bits per heavy atom. The number of carbonyl (C=O) groups is 2. The second kappa shape index (κ2) is 8.25. The number of hydrogen-bond acceptors (Lipinski definition) is 2. The van der Waals surface area contributed by atoms with E-state index in [0.29, 0.717) is 0 Å². The van der Waals surface area contributed by atoms with Crippen LogP contribution in [0.2, 0.25) is 0 Å². The summed E-state index contributed by atoms with van der Waals surface area (Å²) in [7, 11) is 1.62. The summed E-state index contributed by atoms with van der Waals surface area (Å²) in [5.74, 6) is -0.338. The number of nitrogens with one attached hydrogen (secondary N) is 1. The van der Waals surface area contributed by atoms with Gasteiger partial charge in [-0.2, -0.15) is 0 Å². The van der Waals surface area contributed by atoms with E-state index in [1.54, 1.807) is 13.1 Å². The van der Waals surface area contributed by atoms with Gasteiger partial charge in [0, 0.05) is 19.2 Å². The summed E-state index contributed by atoms with van der Waals surface area (Å²) in [4.78, 5) is 24.9. The molecule has 1 N–H and O–H groups in total. The van der Waals surface area contributed by atoms with E-state index >= 15 is 0 Å². The summed E-state index contributed by atoms with van der Waals surface area (Å²) in [5, 5.41) is 2.76. The molecule has 0 heterocycles. The molecule has 0 aromatic heterocycles. The Bertz CT molecular complexity index is 504. The fourth-order valence-electron chi connectivity index (χ4n) is 1.82. The maximum Gasteiger partial charge on any atom is 0.246 e. The van der Waals surface area contributed by atoms with Crippen LogP contribution >= 0.6 is 0 Å². The molecule has 0 spiro atoms. The predicted octanol–water partition coefficient (Wildman–Crippen LogP) is 2.25. The third-order valence-electron chi connectivity index (χ3n) is 3.01. The molecule has 0 bridgehead atoms. The molecule has 1 rings (SSSR count). The lowest BCUT2D eigenvalue weighted by molar-refractivity contribution is -0.131. The van der Waals surface area contributed by atoms with E-state index in [4.69, 9.17) is 0 Å². The van der Waals surface area contributed by atoms with E-state index in [0.717, 1.165) is 12.0 Å². The van der Waals surface area contributed by atoms with E-state index in [2.05, 4.69) is 12.2 Å². The highest BCUT2D eigenvalue weighted by atomic mass is 16.2. The van der Waals surface area contributed by atoms with E-state index in [1.807, 2.05) is 38.1 Å². The van der Waals surface area contributed by atoms with Crippen molar-refractivity contribution in [3.05, 3.63) is 41.5 Å². The second-order valence-corrected chi connectivity index (χ2v) is 5.34. The Balaban J connectivity index is 2.54. The first kappa shape index (κ1) is 17.0. The normalized spacial score (nSPS) is 10.9. The number of nitrogens with zero attached hydrogens (tertiary/aromatic N) is 1. The first-order valence-electron chi connectivity index (χ1n) is 7.23. The molecule has 114 valence electrons. The Morgan fingerprint density at radius 2 is 1.86 bits per heavy atom. The summed E-state index contributed by atoms with van der Waals surface area (Å²) in [6, 6.07) is 8.13. The highest BCUT2D eigenvalue weighted by molar-refractivity contribution is 5.94. The van der Waals surface area contributed by atoms with Crippen molar-refractivity contribution in [1.29, 1.82) is 0 Å². The first-order valence-corrected chi connectivity index (χ1v) is 7.23. The molecule has 0 saturated heterocycles. The van der Waals surface area contributed by atoms with Gasteiger partial charge in [-0.3, -0.25) is 9.59 Å². The number of rotatable bonds is 6. The second-order valence-electron chi connectivity index (χ2n) is 5.34. The van der Waals surface area contributed by atoms with Gasteiger partial charge in [0.15, 0.2) is 0 Å². The maximum atomic E-state index is 11.9. The minimum atomic E-state index is -0.187. The van der Waals surface area contributed by atoms with Crippen molar-refractivity contribution in [2.45, 2.75) is 33.2 Å². The van der Waals surface area contributed by atoms with Crippen LogP contribution in [-0.4, -0.2) is 36.3 Å². The van der Waals surface area contributed by atoms with Crippen molar-refractivity contribution in [2.24, 2.45) is 0 Å². The van der Waals surface area contributed by atoms with Crippen LogP contribution in [0.15, 0.2) is 30.3 Å². The number of amides is 2. The van der Waals surface area contributed by atoms with Crippen LogP contribution in [0.4, 0.5) is 0 Å². The molecule has 0 unspecified atom stereocenters. The van der Waals surface area contributed by atoms with E-state index in [1.165, 1.54) is 16.5 Å². The molecule has 1 aromatic carbocycles. The lowest BCUT2D eigenvalue weighted by atomic mass is 10.1. The van der Waals surface area contributed by atoms with Crippen molar-refractivity contribution >= 4 is 17.9 Å². The van der Waals surface area contributed by atoms with Gasteiger partial charge in [0.25, 0.3) is 0 Å². The molecule has 0 aliphatic heterocycles. The van der Waals surface area contributed by atoms with Crippen molar-refractivity contribution in [3.63, 3.8) is 0 Å². The third kappa shape index (κ3) is 6.25. The average Bonchev–Trinajstić information content (AvgIpc) is 2.44. The SMILES string of the molecule is CCc1ccc(C=CC(=O)N(C)CC(=O)NC(C)C)cc1. The summed E-state index contributed by atoms with van der Waals surface area (Å²) < 4.78 is 0. The lowest BCUT2D eigenvalue weighted by Gasteiger charge is -2.16. The molecule has 0 aliphatic carbocycles. The van der Waals surface area contributed by atoms with E-state index in [9.17, 15) is 9.59 Å². The fourth-order valence-corrected chi connectivity index (χ4v) is 1.82. The van der Waals surface area contributed by atoms with Crippen LogP contribution in [0.1, 0.15) is 31.9 Å². The summed E-state index contributed by atoms with van der Waals surface area (Å²) in [6.45, 7) is 5.95. The van der Waals surface area contributed by atoms with Crippen LogP contribution in [0.3, 0.4) is 0 Å².